The molecule has 4 heteroatoms. The zero-order valence-electron chi connectivity index (χ0n) is 7.62. The second-order valence-corrected chi connectivity index (χ2v) is 3.31. The van der Waals surface area contributed by atoms with Crippen molar-refractivity contribution < 1.29 is 4.74 Å². The van der Waals surface area contributed by atoms with E-state index in [9.17, 15) is 0 Å². The van der Waals surface area contributed by atoms with Crippen LogP contribution in [0.2, 0.25) is 5.02 Å². The molecule has 2 aromatic rings. The summed E-state index contributed by atoms with van der Waals surface area (Å²) >= 11 is 5.91. The molecule has 0 saturated heterocycles. The minimum Gasteiger partial charge on any atom is -0.424 e. The van der Waals surface area contributed by atoms with Crippen molar-refractivity contribution in [1.82, 2.24) is 9.97 Å². The lowest BCUT2D eigenvalue weighted by Crippen LogP contribution is -1.86. The lowest BCUT2D eigenvalue weighted by Gasteiger charge is -2.02. The molecule has 0 aliphatic carbocycles. The molecular formula is C10H9ClN2O. The van der Waals surface area contributed by atoms with Gasteiger partial charge >= 0.3 is 0 Å². The number of aryl methyl sites for hydroxylation is 1. The Morgan fingerprint density at radius 3 is 2.79 bits per heavy atom. The van der Waals surface area contributed by atoms with Crippen molar-refractivity contribution in [3.63, 3.8) is 0 Å². The molecule has 0 unspecified atom stereocenters. The number of hydrogen-bond donors (Lipinski definition) is 1. The van der Waals surface area contributed by atoms with Gasteiger partial charge in [0.1, 0.15) is 5.75 Å². The Kier molecular flexibility index (Phi) is 2.41. The molecule has 0 radical (unpaired) electrons. The van der Waals surface area contributed by atoms with E-state index in [1.165, 1.54) is 0 Å². The van der Waals surface area contributed by atoms with Crippen LogP contribution in [0.25, 0.3) is 0 Å². The molecule has 72 valence electrons. The summed E-state index contributed by atoms with van der Waals surface area (Å²) in [5.41, 5.74) is 0.951. The molecule has 0 aliphatic rings. The Morgan fingerprint density at radius 2 is 2.14 bits per heavy atom. The number of imidazole rings is 1. The molecular weight excluding hydrogens is 200 g/mol. The number of para-hydroxylation sites is 1. The number of hydrogen-bond acceptors (Lipinski definition) is 2. The first-order valence-electron chi connectivity index (χ1n) is 4.20. The first-order valence-corrected chi connectivity index (χ1v) is 4.57. The van der Waals surface area contributed by atoms with E-state index in [4.69, 9.17) is 16.3 Å². The molecule has 1 aromatic heterocycles. The van der Waals surface area contributed by atoms with Crippen LogP contribution in [0.3, 0.4) is 0 Å². The molecule has 14 heavy (non-hydrogen) atoms. The number of rotatable bonds is 2. The van der Waals surface area contributed by atoms with E-state index in [2.05, 4.69) is 9.97 Å². The van der Waals surface area contributed by atoms with Gasteiger partial charge in [0.05, 0.1) is 11.2 Å². The van der Waals surface area contributed by atoms with Crippen LogP contribution in [0.15, 0.2) is 30.5 Å². The minimum atomic E-state index is 0.454. The number of H-pyrrole nitrogens is 1. The van der Waals surface area contributed by atoms with Crippen molar-refractivity contribution in [3.8, 4) is 11.8 Å². The molecule has 0 spiro atoms. The predicted octanol–water partition coefficient (Wildman–Crippen LogP) is 3.16. The maximum Gasteiger partial charge on any atom is 0.299 e. The number of ether oxygens (including phenoxy) is 1. The fourth-order valence-electron chi connectivity index (χ4n) is 1.07. The SMILES string of the molecule is Cc1cnc(Oc2ccccc2Cl)[nH]1. The van der Waals surface area contributed by atoms with Gasteiger partial charge in [0.15, 0.2) is 0 Å². The van der Waals surface area contributed by atoms with Crippen LogP contribution in [0.1, 0.15) is 5.69 Å². The van der Waals surface area contributed by atoms with E-state index in [0.717, 1.165) is 5.69 Å². The van der Waals surface area contributed by atoms with Gasteiger partial charge in [-0.2, -0.15) is 0 Å². The number of benzene rings is 1. The van der Waals surface area contributed by atoms with E-state index >= 15 is 0 Å². The number of aromatic nitrogens is 2. The summed E-state index contributed by atoms with van der Waals surface area (Å²) < 4.78 is 5.43. The molecule has 1 aromatic carbocycles. The average Bonchev–Trinajstić information content (AvgIpc) is 2.56. The van der Waals surface area contributed by atoms with Crippen LogP contribution in [0.5, 0.6) is 11.8 Å². The van der Waals surface area contributed by atoms with Gasteiger partial charge in [0.2, 0.25) is 0 Å². The van der Waals surface area contributed by atoms with Crippen LogP contribution in [0, 0.1) is 6.92 Å². The van der Waals surface area contributed by atoms with Gasteiger partial charge in [0.25, 0.3) is 6.01 Å². The monoisotopic (exact) mass is 208 g/mol. The molecule has 0 aliphatic heterocycles. The summed E-state index contributed by atoms with van der Waals surface area (Å²) in [4.78, 5) is 6.98. The number of nitrogens with zero attached hydrogens (tertiary/aromatic N) is 1. The van der Waals surface area contributed by atoms with Crippen LogP contribution < -0.4 is 4.74 Å². The van der Waals surface area contributed by atoms with Gasteiger partial charge in [0, 0.05) is 5.69 Å². The Balaban J connectivity index is 2.23. The van der Waals surface area contributed by atoms with Gasteiger partial charge in [-0.25, -0.2) is 4.98 Å². The molecule has 3 nitrogen and oxygen atoms in total. The third-order valence-corrected chi connectivity index (χ3v) is 2.04. The highest BCUT2D eigenvalue weighted by atomic mass is 35.5. The Morgan fingerprint density at radius 1 is 1.36 bits per heavy atom. The van der Waals surface area contributed by atoms with Gasteiger partial charge in [-0.3, -0.25) is 0 Å². The highest BCUT2D eigenvalue weighted by Gasteiger charge is 2.03. The third-order valence-electron chi connectivity index (χ3n) is 1.72. The summed E-state index contributed by atoms with van der Waals surface area (Å²) in [6, 6.07) is 7.72. The molecule has 1 N–H and O–H groups in total. The maximum absolute atomic E-state index is 5.91. The Bertz CT molecular complexity index is 439. The van der Waals surface area contributed by atoms with Crippen molar-refractivity contribution in [2.24, 2.45) is 0 Å². The van der Waals surface area contributed by atoms with Crippen molar-refractivity contribution >= 4 is 11.6 Å². The molecule has 0 atom stereocenters. The van der Waals surface area contributed by atoms with E-state index < -0.39 is 0 Å². The van der Waals surface area contributed by atoms with Crippen LogP contribution in [-0.2, 0) is 0 Å². The smallest absolute Gasteiger partial charge is 0.299 e. The van der Waals surface area contributed by atoms with Crippen molar-refractivity contribution in [3.05, 3.63) is 41.2 Å². The first-order chi connectivity index (χ1) is 6.75. The van der Waals surface area contributed by atoms with Gasteiger partial charge in [-0.15, -0.1) is 0 Å². The fraction of sp³-hybridized carbons (Fsp3) is 0.100. The minimum absolute atomic E-state index is 0.454. The lowest BCUT2D eigenvalue weighted by atomic mass is 10.3. The fourth-order valence-corrected chi connectivity index (χ4v) is 1.25. The lowest BCUT2D eigenvalue weighted by molar-refractivity contribution is 0.447. The Labute approximate surface area is 86.7 Å². The van der Waals surface area contributed by atoms with Crippen LogP contribution in [0.4, 0.5) is 0 Å². The molecule has 0 saturated carbocycles. The predicted molar refractivity (Wildman–Crippen MR) is 54.9 cm³/mol. The average molecular weight is 209 g/mol. The highest BCUT2D eigenvalue weighted by molar-refractivity contribution is 6.32. The summed E-state index contributed by atoms with van der Waals surface area (Å²) in [6.07, 6.45) is 1.70. The summed E-state index contributed by atoms with van der Waals surface area (Å²) in [5.74, 6) is 0.600. The quantitative estimate of drug-likeness (QED) is 0.823. The normalized spacial score (nSPS) is 10.1. The van der Waals surface area contributed by atoms with Gasteiger partial charge in [-0.05, 0) is 19.1 Å². The highest BCUT2D eigenvalue weighted by Crippen LogP contribution is 2.26. The molecule has 0 bridgehead atoms. The van der Waals surface area contributed by atoms with E-state index in [1.54, 1.807) is 18.3 Å². The van der Waals surface area contributed by atoms with Gasteiger partial charge < -0.3 is 9.72 Å². The Hall–Kier alpha value is -1.48. The molecule has 1 heterocycles. The first kappa shape index (κ1) is 9.09. The zero-order chi connectivity index (χ0) is 9.97. The third kappa shape index (κ3) is 1.88. The molecule has 0 amide bonds. The standard InChI is InChI=1S/C10H9ClN2O/c1-7-6-12-10(13-7)14-9-5-3-2-4-8(9)11/h2-6H,1H3,(H,12,13). The van der Waals surface area contributed by atoms with Gasteiger partial charge in [-0.1, -0.05) is 23.7 Å². The van der Waals surface area contributed by atoms with Crippen molar-refractivity contribution in [2.45, 2.75) is 6.92 Å². The maximum atomic E-state index is 5.91. The largest absolute Gasteiger partial charge is 0.424 e. The summed E-state index contributed by atoms with van der Waals surface area (Å²) in [5, 5.41) is 0.571. The summed E-state index contributed by atoms with van der Waals surface area (Å²) in [7, 11) is 0. The van der Waals surface area contributed by atoms with Crippen LogP contribution in [-0.4, -0.2) is 9.97 Å². The summed E-state index contributed by atoms with van der Waals surface area (Å²) in [6.45, 7) is 1.91. The van der Waals surface area contributed by atoms with Crippen LogP contribution >= 0.6 is 11.6 Å². The topological polar surface area (TPSA) is 37.9 Å². The molecule has 2 rings (SSSR count). The van der Waals surface area contributed by atoms with E-state index in [-0.39, 0.29) is 0 Å². The molecule has 0 fully saturated rings. The second-order valence-electron chi connectivity index (χ2n) is 2.90. The second kappa shape index (κ2) is 3.72. The van der Waals surface area contributed by atoms with Crippen molar-refractivity contribution in [2.75, 3.05) is 0 Å². The number of aromatic amines is 1. The van der Waals surface area contributed by atoms with E-state index in [0.29, 0.717) is 16.8 Å². The number of halogens is 1. The van der Waals surface area contributed by atoms with E-state index in [1.807, 2.05) is 19.1 Å². The number of nitrogens with one attached hydrogen (secondary N) is 1. The zero-order valence-corrected chi connectivity index (χ0v) is 8.38. The van der Waals surface area contributed by atoms with Crippen molar-refractivity contribution in [1.29, 1.82) is 0 Å².